The van der Waals surface area contributed by atoms with Crippen molar-refractivity contribution in [3.63, 3.8) is 0 Å². The number of hydrogen-bond acceptors (Lipinski definition) is 2. The molecule has 2 atom stereocenters. The van der Waals surface area contributed by atoms with Crippen LogP contribution in [0.5, 0.6) is 0 Å². The number of aromatic carboxylic acids is 1. The van der Waals surface area contributed by atoms with E-state index in [0.29, 0.717) is 17.5 Å². The lowest BCUT2D eigenvalue weighted by molar-refractivity contribution is -0.117. The molecule has 2 fully saturated rings. The lowest BCUT2D eigenvalue weighted by Crippen LogP contribution is -2.18. The van der Waals surface area contributed by atoms with Crippen LogP contribution in [0.4, 0.5) is 5.69 Å². The van der Waals surface area contributed by atoms with Gasteiger partial charge in [-0.05, 0) is 36.8 Å². The van der Waals surface area contributed by atoms with E-state index >= 15 is 0 Å². The molecule has 4 nitrogen and oxygen atoms in total. The molecule has 0 heterocycles. The zero-order valence-electron chi connectivity index (χ0n) is 10.9. The highest BCUT2D eigenvalue weighted by Crippen LogP contribution is 2.55. The fraction of sp³-hybridized carbons (Fsp3) is 0.467. The second-order valence-electron chi connectivity index (χ2n) is 5.59. The van der Waals surface area contributed by atoms with Crippen molar-refractivity contribution in [1.82, 2.24) is 0 Å². The first kappa shape index (κ1) is 13.4. The van der Waals surface area contributed by atoms with Crippen LogP contribution < -0.4 is 5.32 Å². The second kappa shape index (κ2) is 5.09. The minimum absolute atomic E-state index is 0.0360. The van der Waals surface area contributed by atoms with Gasteiger partial charge in [0, 0.05) is 5.92 Å². The largest absolute Gasteiger partial charge is 0.478 e. The van der Waals surface area contributed by atoms with E-state index in [1.165, 1.54) is 18.9 Å². The number of carboxylic acid groups (broad SMARTS) is 1. The third-order valence-corrected chi connectivity index (χ3v) is 4.76. The second-order valence-corrected chi connectivity index (χ2v) is 6.00. The molecule has 2 unspecified atom stereocenters. The monoisotopic (exact) mass is 293 g/mol. The maximum absolute atomic E-state index is 12.3. The van der Waals surface area contributed by atoms with Crippen molar-refractivity contribution in [2.24, 2.45) is 17.8 Å². The summed E-state index contributed by atoms with van der Waals surface area (Å²) < 4.78 is 0. The molecule has 2 saturated carbocycles. The summed E-state index contributed by atoms with van der Waals surface area (Å²) in [6.45, 7) is 0. The molecule has 1 amide bonds. The van der Waals surface area contributed by atoms with Crippen LogP contribution in [0.2, 0.25) is 5.02 Å². The van der Waals surface area contributed by atoms with Gasteiger partial charge in [-0.2, -0.15) is 0 Å². The standard InChI is InChI=1S/C15H16ClNO3/c16-10-6-3-7-11(13(10)15(19)20)17-14(18)12-8-4-1-2-5-9(8)12/h3,6-9,12H,1-2,4-5H2,(H,17,18)(H,19,20). The first-order chi connectivity index (χ1) is 9.59. The van der Waals surface area contributed by atoms with Crippen molar-refractivity contribution in [2.45, 2.75) is 25.7 Å². The number of rotatable bonds is 3. The van der Waals surface area contributed by atoms with Gasteiger partial charge in [0.15, 0.2) is 0 Å². The summed E-state index contributed by atoms with van der Waals surface area (Å²) in [6, 6.07) is 4.74. The van der Waals surface area contributed by atoms with Crippen LogP contribution in [-0.2, 0) is 4.79 Å². The lowest BCUT2D eigenvalue weighted by atomic mass is 10.0. The van der Waals surface area contributed by atoms with Gasteiger partial charge in [-0.1, -0.05) is 30.5 Å². The Morgan fingerprint density at radius 3 is 2.45 bits per heavy atom. The number of nitrogens with one attached hydrogen (secondary N) is 1. The zero-order valence-corrected chi connectivity index (χ0v) is 11.7. The van der Waals surface area contributed by atoms with Crippen LogP contribution in [0.15, 0.2) is 18.2 Å². The molecular formula is C15H16ClNO3. The van der Waals surface area contributed by atoms with Crippen LogP contribution in [0.25, 0.3) is 0 Å². The maximum Gasteiger partial charge on any atom is 0.339 e. The first-order valence-corrected chi connectivity index (χ1v) is 7.30. The Labute approximate surface area is 122 Å². The van der Waals surface area contributed by atoms with Crippen LogP contribution in [0, 0.1) is 17.8 Å². The third-order valence-electron chi connectivity index (χ3n) is 4.44. The molecule has 1 aromatic rings. The Morgan fingerprint density at radius 1 is 1.20 bits per heavy atom. The Hall–Kier alpha value is -1.55. The minimum Gasteiger partial charge on any atom is -0.478 e. The summed E-state index contributed by atoms with van der Waals surface area (Å²) in [6.07, 6.45) is 4.62. The van der Waals surface area contributed by atoms with Gasteiger partial charge in [-0.15, -0.1) is 0 Å². The topological polar surface area (TPSA) is 66.4 Å². The number of carbonyl (C=O) groups is 2. The Bertz CT molecular complexity index is 560. The molecule has 0 aromatic heterocycles. The summed E-state index contributed by atoms with van der Waals surface area (Å²) in [5, 5.41) is 12.1. The third kappa shape index (κ3) is 2.29. The van der Waals surface area contributed by atoms with Crippen molar-refractivity contribution in [2.75, 3.05) is 5.32 Å². The molecular weight excluding hydrogens is 278 g/mol. The van der Waals surface area contributed by atoms with Crippen molar-refractivity contribution in [1.29, 1.82) is 0 Å². The smallest absolute Gasteiger partial charge is 0.339 e. The van der Waals surface area contributed by atoms with Gasteiger partial charge in [0.2, 0.25) is 5.91 Å². The normalized spacial score (nSPS) is 27.6. The van der Waals surface area contributed by atoms with Crippen molar-refractivity contribution in [3.05, 3.63) is 28.8 Å². The fourth-order valence-corrected chi connectivity index (χ4v) is 3.70. The highest BCUT2D eigenvalue weighted by Gasteiger charge is 2.54. The number of anilines is 1. The molecule has 106 valence electrons. The molecule has 2 N–H and O–H groups in total. The van der Waals surface area contributed by atoms with E-state index < -0.39 is 5.97 Å². The van der Waals surface area contributed by atoms with E-state index in [2.05, 4.69) is 5.32 Å². The summed E-state index contributed by atoms with van der Waals surface area (Å²) in [4.78, 5) is 23.5. The zero-order chi connectivity index (χ0) is 14.3. The average Bonchev–Trinajstić information content (AvgIpc) is 3.12. The molecule has 20 heavy (non-hydrogen) atoms. The molecule has 3 rings (SSSR count). The number of fused-ring (bicyclic) bond motifs is 1. The van der Waals surface area contributed by atoms with Crippen molar-refractivity contribution >= 4 is 29.2 Å². The van der Waals surface area contributed by atoms with Gasteiger partial charge >= 0.3 is 5.97 Å². The molecule has 1 aromatic carbocycles. The molecule has 0 aliphatic heterocycles. The Morgan fingerprint density at radius 2 is 1.85 bits per heavy atom. The van der Waals surface area contributed by atoms with Crippen molar-refractivity contribution < 1.29 is 14.7 Å². The van der Waals surface area contributed by atoms with E-state index in [9.17, 15) is 14.7 Å². The van der Waals surface area contributed by atoms with Crippen LogP contribution >= 0.6 is 11.6 Å². The van der Waals surface area contributed by atoms with E-state index in [1.54, 1.807) is 12.1 Å². The average molecular weight is 294 g/mol. The summed E-state index contributed by atoms with van der Waals surface area (Å²) in [5.74, 6) is -0.142. The molecule has 2 aliphatic carbocycles. The quantitative estimate of drug-likeness (QED) is 0.897. The van der Waals surface area contributed by atoms with E-state index in [4.69, 9.17) is 11.6 Å². The highest BCUT2D eigenvalue weighted by atomic mass is 35.5. The number of carbonyl (C=O) groups excluding carboxylic acids is 1. The predicted molar refractivity (Wildman–Crippen MR) is 76.0 cm³/mol. The lowest BCUT2D eigenvalue weighted by Gasteiger charge is -2.09. The first-order valence-electron chi connectivity index (χ1n) is 6.92. The molecule has 2 aliphatic rings. The van der Waals surface area contributed by atoms with E-state index in [0.717, 1.165) is 12.8 Å². The SMILES string of the molecule is O=C(O)c1c(Cl)cccc1NC(=O)C1C2CCCCC21. The highest BCUT2D eigenvalue weighted by molar-refractivity contribution is 6.34. The number of hydrogen-bond donors (Lipinski definition) is 2. The molecule has 5 heteroatoms. The van der Waals surface area contributed by atoms with E-state index in [-0.39, 0.29) is 22.4 Å². The predicted octanol–water partition coefficient (Wildman–Crippen LogP) is 3.41. The fourth-order valence-electron chi connectivity index (χ4n) is 3.44. The minimum atomic E-state index is -1.13. The van der Waals surface area contributed by atoms with Crippen LogP contribution in [0.1, 0.15) is 36.0 Å². The van der Waals surface area contributed by atoms with Gasteiger partial charge in [-0.3, -0.25) is 4.79 Å². The molecule has 0 spiro atoms. The summed E-state index contributed by atoms with van der Waals surface area (Å²) in [7, 11) is 0. The van der Waals surface area contributed by atoms with Crippen LogP contribution in [-0.4, -0.2) is 17.0 Å². The van der Waals surface area contributed by atoms with E-state index in [1.807, 2.05) is 0 Å². The number of halogens is 1. The van der Waals surface area contributed by atoms with Crippen molar-refractivity contribution in [3.8, 4) is 0 Å². The van der Waals surface area contributed by atoms with Gasteiger partial charge in [0.25, 0.3) is 0 Å². The number of amides is 1. The van der Waals surface area contributed by atoms with Gasteiger partial charge < -0.3 is 10.4 Å². The molecule has 0 saturated heterocycles. The molecule has 0 radical (unpaired) electrons. The Kier molecular flexibility index (Phi) is 3.42. The van der Waals surface area contributed by atoms with Gasteiger partial charge in [0.1, 0.15) is 5.56 Å². The summed E-state index contributed by atoms with van der Waals surface area (Å²) in [5.41, 5.74) is 0.254. The summed E-state index contributed by atoms with van der Waals surface area (Å²) >= 11 is 5.89. The van der Waals surface area contributed by atoms with Gasteiger partial charge in [-0.25, -0.2) is 4.79 Å². The van der Waals surface area contributed by atoms with Crippen LogP contribution in [0.3, 0.4) is 0 Å². The Balaban J connectivity index is 1.77. The molecule has 0 bridgehead atoms. The van der Waals surface area contributed by atoms with Gasteiger partial charge in [0.05, 0.1) is 10.7 Å². The number of carboxylic acids is 1. The number of benzene rings is 1. The maximum atomic E-state index is 12.3.